The molecule has 0 amide bonds. The van der Waals surface area contributed by atoms with E-state index in [4.69, 9.17) is 11.6 Å². The highest BCUT2D eigenvalue weighted by Crippen LogP contribution is 2.32. The van der Waals surface area contributed by atoms with Gasteiger partial charge in [0.05, 0.1) is 29.0 Å². The SMILES string of the molecule is Cn1c(=O)cc(-c2cccc(C#N)c2)c2cc(C(F)c3ccc(Cl)cc3)ncc21. The largest absolute Gasteiger partial charge is 0.310 e. The Kier molecular flexibility index (Phi) is 4.87. The van der Waals surface area contributed by atoms with E-state index < -0.39 is 6.17 Å². The number of alkyl halides is 1. The summed E-state index contributed by atoms with van der Waals surface area (Å²) in [5.74, 6) is 0. The van der Waals surface area contributed by atoms with Gasteiger partial charge in [0.25, 0.3) is 5.56 Å². The summed E-state index contributed by atoms with van der Waals surface area (Å²) in [7, 11) is 1.65. The Hall–Kier alpha value is -3.49. The lowest BCUT2D eigenvalue weighted by molar-refractivity contribution is 0.394. The number of aromatic nitrogens is 2. The second kappa shape index (κ2) is 7.50. The molecule has 0 aliphatic rings. The molecule has 0 aliphatic carbocycles. The molecule has 0 bridgehead atoms. The Bertz CT molecular complexity index is 1320. The number of hydrogen-bond acceptors (Lipinski definition) is 3. The average molecular weight is 404 g/mol. The van der Waals surface area contributed by atoms with Crippen LogP contribution >= 0.6 is 11.6 Å². The van der Waals surface area contributed by atoms with Gasteiger partial charge in [0.15, 0.2) is 6.17 Å². The molecule has 0 fully saturated rings. The summed E-state index contributed by atoms with van der Waals surface area (Å²) >= 11 is 5.89. The topological polar surface area (TPSA) is 58.7 Å². The predicted molar refractivity (Wildman–Crippen MR) is 112 cm³/mol. The zero-order chi connectivity index (χ0) is 20.5. The normalized spacial score (nSPS) is 11.9. The van der Waals surface area contributed by atoms with E-state index in [9.17, 15) is 10.1 Å². The van der Waals surface area contributed by atoms with Gasteiger partial charge in [-0.05, 0) is 47.0 Å². The van der Waals surface area contributed by atoms with Crippen LogP contribution in [0.5, 0.6) is 0 Å². The number of halogens is 2. The first-order valence-electron chi connectivity index (χ1n) is 8.87. The molecule has 6 heteroatoms. The van der Waals surface area contributed by atoms with Gasteiger partial charge >= 0.3 is 0 Å². The van der Waals surface area contributed by atoms with Gasteiger partial charge in [-0.1, -0.05) is 35.9 Å². The van der Waals surface area contributed by atoms with Crippen molar-refractivity contribution in [3.8, 4) is 17.2 Å². The highest BCUT2D eigenvalue weighted by Gasteiger charge is 2.17. The summed E-state index contributed by atoms with van der Waals surface area (Å²) in [5.41, 5.74) is 2.88. The Morgan fingerprint density at radius 1 is 1.14 bits per heavy atom. The molecule has 4 nitrogen and oxygen atoms in total. The van der Waals surface area contributed by atoms with Crippen molar-refractivity contribution >= 4 is 22.5 Å². The van der Waals surface area contributed by atoms with Gasteiger partial charge in [0, 0.05) is 23.5 Å². The fourth-order valence-electron chi connectivity index (χ4n) is 3.30. The first kappa shape index (κ1) is 18.9. The van der Waals surface area contributed by atoms with E-state index in [2.05, 4.69) is 11.1 Å². The third-order valence-corrected chi connectivity index (χ3v) is 5.13. The second-order valence-electron chi connectivity index (χ2n) is 6.69. The lowest BCUT2D eigenvalue weighted by atomic mass is 9.98. The minimum absolute atomic E-state index is 0.209. The summed E-state index contributed by atoms with van der Waals surface area (Å²) in [4.78, 5) is 16.7. The van der Waals surface area contributed by atoms with Crippen LogP contribution in [-0.2, 0) is 7.05 Å². The van der Waals surface area contributed by atoms with Gasteiger partial charge in [-0.15, -0.1) is 0 Å². The molecule has 2 aromatic heterocycles. The number of benzene rings is 2. The number of fused-ring (bicyclic) bond motifs is 1. The molecule has 0 N–H and O–H groups in total. The quantitative estimate of drug-likeness (QED) is 0.473. The zero-order valence-electron chi connectivity index (χ0n) is 15.4. The fourth-order valence-corrected chi connectivity index (χ4v) is 3.43. The Balaban J connectivity index is 1.93. The van der Waals surface area contributed by atoms with Crippen LogP contribution in [0.1, 0.15) is 23.0 Å². The summed E-state index contributed by atoms with van der Waals surface area (Å²) in [6.45, 7) is 0. The molecule has 2 heterocycles. The van der Waals surface area contributed by atoms with Crippen LogP contribution in [0.3, 0.4) is 0 Å². The Morgan fingerprint density at radius 3 is 2.62 bits per heavy atom. The predicted octanol–water partition coefficient (Wildman–Crippen LogP) is 5.18. The molecule has 2 aromatic carbocycles. The van der Waals surface area contributed by atoms with E-state index in [0.717, 1.165) is 0 Å². The molecular formula is C23H15ClFN3O. The number of nitriles is 1. The fraction of sp³-hybridized carbons (Fsp3) is 0.0870. The molecule has 0 saturated carbocycles. The van der Waals surface area contributed by atoms with Crippen LogP contribution < -0.4 is 5.56 Å². The monoisotopic (exact) mass is 403 g/mol. The van der Waals surface area contributed by atoms with Gasteiger partial charge in [-0.25, -0.2) is 4.39 Å². The van der Waals surface area contributed by atoms with Gasteiger partial charge < -0.3 is 4.57 Å². The van der Waals surface area contributed by atoms with Crippen LogP contribution in [0.25, 0.3) is 22.0 Å². The van der Waals surface area contributed by atoms with Crippen LogP contribution in [0.15, 0.2) is 71.7 Å². The summed E-state index contributed by atoms with van der Waals surface area (Å²) in [5, 5.41) is 10.4. The highest BCUT2D eigenvalue weighted by atomic mass is 35.5. The van der Waals surface area contributed by atoms with Crippen LogP contribution in [-0.4, -0.2) is 9.55 Å². The molecule has 142 valence electrons. The maximum Gasteiger partial charge on any atom is 0.251 e. The van der Waals surface area contributed by atoms with Crippen molar-refractivity contribution < 1.29 is 4.39 Å². The van der Waals surface area contributed by atoms with Crippen molar-refractivity contribution in [2.75, 3.05) is 0 Å². The minimum atomic E-state index is -1.44. The molecule has 1 atom stereocenters. The van der Waals surface area contributed by atoms with E-state index in [-0.39, 0.29) is 11.3 Å². The maximum atomic E-state index is 15.1. The first-order valence-corrected chi connectivity index (χ1v) is 9.25. The van der Waals surface area contributed by atoms with Crippen molar-refractivity contribution in [3.63, 3.8) is 0 Å². The number of pyridine rings is 2. The third-order valence-electron chi connectivity index (χ3n) is 4.88. The number of aryl methyl sites for hydroxylation is 1. The van der Waals surface area contributed by atoms with Gasteiger partial charge in [0.1, 0.15) is 0 Å². The maximum absolute atomic E-state index is 15.1. The standard InChI is InChI=1S/C23H15ClFN3O/c1-28-21-13-27-20(23(25)15-5-7-17(24)8-6-15)10-19(21)18(11-22(28)29)16-4-2-3-14(9-16)12-26/h2-11,13,23H,1H3. The van der Waals surface area contributed by atoms with Crippen molar-refractivity contribution in [1.29, 1.82) is 5.26 Å². The average Bonchev–Trinajstić information content (AvgIpc) is 2.76. The number of rotatable bonds is 3. The van der Waals surface area contributed by atoms with Crippen molar-refractivity contribution in [2.24, 2.45) is 7.05 Å². The summed E-state index contributed by atoms with van der Waals surface area (Å²) in [6, 6.07) is 18.7. The number of hydrogen-bond donors (Lipinski definition) is 0. The molecule has 4 rings (SSSR count). The Morgan fingerprint density at radius 2 is 1.90 bits per heavy atom. The van der Waals surface area contributed by atoms with Crippen molar-refractivity contribution in [2.45, 2.75) is 6.17 Å². The van der Waals surface area contributed by atoms with E-state index in [1.54, 1.807) is 55.6 Å². The second-order valence-corrected chi connectivity index (χ2v) is 7.12. The molecule has 0 radical (unpaired) electrons. The smallest absolute Gasteiger partial charge is 0.251 e. The molecule has 4 aromatic rings. The van der Waals surface area contributed by atoms with Gasteiger partial charge in [-0.3, -0.25) is 9.78 Å². The third kappa shape index (κ3) is 3.51. The van der Waals surface area contributed by atoms with Gasteiger partial charge in [-0.2, -0.15) is 5.26 Å². The molecule has 0 aliphatic heterocycles. The van der Waals surface area contributed by atoms with Crippen molar-refractivity contribution in [3.05, 3.63) is 99.1 Å². The molecular weight excluding hydrogens is 389 g/mol. The molecule has 0 spiro atoms. The highest BCUT2D eigenvalue weighted by molar-refractivity contribution is 6.30. The summed E-state index contributed by atoms with van der Waals surface area (Å²) in [6.07, 6.45) is 0.0684. The minimum Gasteiger partial charge on any atom is -0.310 e. The van der Waals surface area contributed by atoms with Crippen molar-refractivity contribution in [1.82, 2.24) is 9.55 Å². The van der Waals surface area contributed by atoms with E-state index in [1.165, 1.54) is 16.8 Å². The summed E-state index contributed by atoms with van der Waals surface area (Å²) < 4.78 is 16.6. The number of nitrogens with zero attached hydrogens (tertiary/aromatic N) is 3. The van der Waals surface area contributed by atoms with E-state index in [0.29, 0.717) is 38.2 Å². The van der Waals surface area contributed by atoms with Gasteiger partial charge in [0.2, 0.25) is 0 Å². The molecule has 0 saturated heterocycles. The molecule has 29 heavy (non-hydrogen) atoms. The Labute approximate surface area is 171 Å². The zero-order valence-corrected chi connectivity index (χ0v) is 16.2. The first-order chi connectivity index (χ1) is 14.0. The lowest BCUT2D eigenvalue weighted by Crippen LogP contribution is -2.17. The van der Waals surface area contributed by atoms with Crippen LogP contribution in [0.2, 0.25) is 5.02 Å². The van der Waals surface area contributed by atoms with Crippen LogP contribution in [0, 0.1) is 11.3 Å². The lowest BCUT2D eigenvalue weighted by Gasteiger charge is -2.14. The molecule has 1 unspecified atom stereocenters. The van der Waals surface area contributed by atoms with Crippen LogP contribution in [0.4, 0.5) is 4.39 Å². The van der Waals surface area contributed by atoms with E-state index >= 15 is 4.39 Å². The van der Waals surface area contributed by atoms with E-state index in [1.807, 2.05) is 6.07 Å².